The smallest absolute Gasteiger partial charge is 0.365 e. The standard InChI is InChI=1S/C26H34N10O2/c1-15-6-8-17(9-7-15)13-36-20-21(30-16(2)18-4-3-5-18)31-23(24-34-26(37)38-35-24)32-22(20)33-25(36)28-12-19-10-11-27-14-29-19/h10-11,14-18H,3-9,12-13H2,1-2H3,(H,34,35,37)(H2,28,30,31,32,33)/t15-,16-,17-/m1/s1. The van der Waals surface area contributed by atoms with Crippen LogP contribution in [-0.4, -0.2) is 45.7 Å². The van der Waals surface area contributed by atoms with Gasteiger partial charge in [0.1, 0.15) is 11.8 Å². The third-order valence-corrected chi connectivity index (χ3v) is 8.12. The van der Waals surface area contributed by atoms with Gasteiger partial charge in [-0.1, -0.05) is 31.3 Å². The predicted octanol–water partition coefficient (Wildman–Crippen LogP) is 4.00. The zero-order valence-corrected chi connectivity index (χ0v) is 21.9. The highest BCUT2D eigenvalue weighted by molar-refractivity contribution is 5.87. The van der Waals surface area contributed by atoms with Gasteiger partial charge in [-0.2, -0.15) is 4.98 Å². The molecule has 2 aliphatic rings. The molecule has 0 aliphatic heterocycles. The lowest BCUT2D eigenvalue weighted by atomic mass is 9.80. The molecule has 4 heterocycles. The molecule has 4 aromatic heterocycles. The van der Waals surface area contributed by atoms with E-state index in [0.29, 0.717) is 29.8 Å². The molecule has 0 amide bonds. The van der Waals surface area contributed by atoms with Crippen LogP contribution in [0.25, 0.3) is 22.8 Å². The number of fused-ring (bicyclic) bond motifs is 1. The number of rotatable bonds is 9. The Labute approximate surface area is 220 Å². The van der Waals surface area contributed by atoms with Crippen LogP contribution in [0, 0.1) is 17.8 Å². The van der Waals surface area contributed by atoms with Gasteiger partial charge in [-0.3, -0.25) is 9.51 Å². The van der Waals surface area contributed by atoms with E-state index in [0.717, 1.165) is 29.6 Å². The van der Waals surface area contributed by atoms with Crippen molar-refractivity contribution in [1.29, 1.82) is 0 Å². The fraction of sp³-hybridized carbons (Fsp3) is 0.577. The van der Waals surface area contributed by atoms with Crippen LogP contribution in [0.5, 0.6) is 0 Å². The number of imidazole rings is 1. The van der Waals surface area contributed by atoms with Crippen LogP contribution in [0.4, 0.5) is 11.8 Å². The van der Waals surface area contributed by atoms with E-state index >= 15 is 0 Å². The first kappa shape index (κ1) is 24.5. The van der Waals surface area contributed by atoms with Crippen LogP contribution in [-0.2, 0) is 13.1 Å². The van der Waals surface area contributed by atoms with Crippen molar-refractivity contribution in [1.82, 2.24) is 39.6 Å². The molecule has 2 fully saturated rings. The Morgan fingerprint density at radius 3 is 2.68 bits per heavy atom. The molecule has 0 unspecified atom stereocenters. The average molecular weight is 519 g/mol. The number of hydrogen-bond donors (Lipinski definition) is 3. The van der Waals surface area contributed by atoms with E-state index in [1.807, 2.05) is 6.07 Å². The number of hydrogen-bond acceptors (Lipinski definition) is 10. The van der Waals surface area contributed by atoms with Crippen LogP contribution in [0.2, 0.25) is 0 Å². The van der Waals surface area contributed by atoms with Crippen molar-refractivity contribution in [2.75, 3.05) is 10.6 Å². The quantitative estimate of drug-likeness (QED) is 0.296. The molecule has 0 saturated heterocycles. The summed E-state index contributed by atoms with van der Waals surface area (Å²) in [6.45, 7) is 5.87. The Kier molecular flexibility index (Phi) is 6.77. The maximum Gasteiger partial charge on any atom is 0.439 e. The number of anilines is 2. The molecular formula is C26H34N10O2. The Hall–Kier alpha value is -3.83. The second kappa shape index (κ2) is 10.5. The molecule has 0 aromatic carbocycles. The molecule has 38 heavy (non-hydrogen) atoms. The van der Waals surface area contributed by atoms with Gasteiger partial charge in [-0.05, 0) is 56.4 Å². The number of H-pyrrole nitrogens is 1. The number of nitrogens with zero attached hydrogens (tertiary/aromatic N) is 7. The van der Waals surface area contributed by atoms with E-state index in [1.54, 1.807) is 12.5 Å². The van der Waals surface area contributed by atoms with Gasteiger partial charge in [-0.15, -0.1) is 0 Å². The maximum atomic E-state index is 11.7. The molecule has 1 atom stereocenters. The highest BCUT2D eigenvalue weighted by Crippen LogP contribution is 2.35. The second-order valence-corrected chi connectivity index (χ2v) is 10.9. The monoisotopic (exact) mass is 518 g/mol. The Bertz CT molecular complexity index is 1430. The van der Waals surface area contributed by atoms with Gasteiger partial charge in [-0.25, -0.2) is 24.7 Å². The molecule has 4 aromatic rings. The van der Waals surface area contributed by atoms with Crippen LogP contribution in [0.1, 0.15) is 64.5 Å². The highest BCUT2D eigenvalue weighted by atomic mass is 16.5. The van der Waals surface area contributed by atoms with Crippen molar-refractivity contribution in [3.63, 3.8) is 0 Å². The molecule has 12 heteroatoms. The molecule has 2 saturated carbocycles. The van der Waals surface area contributed by atoms with E-state index in [4.69, 9.17) is 19.5 Å². The van der Waals surface area contributed by atoms with E-state index < -0.39 is 5.76 Å². The molecule has 200 valence electrons. The van der Waals surface area contributed by atoms with Crippen molar-refractivity contribution in [2.24, 2.45) is 17.8 Å². The molecule has 0 bridgehead atoms. The van der Waals surface area contributed by atoms with Gasteiger partial charge in [0.15, 0.2) is 11.5 Å². The van der Waals surface area contributed by atoms with Gasteiger partial charge in [0, 0.05) is 18.8 Å². The summed E-state index contributed by atoms with van der Waals surface area (Å²) in [6.07, 6.45) is 11.8. The fourth-order valence-corrected chi connectivity index (χ4v) is 5.52. The number of aromatic amines is 1. The molecular weight excluding hydrogens is 484 g/mol. The minimum Gasteiger partial charge on any atom is -0.365 e. The second-order valence-electron chi connectivity index (χ2n) is 10.9. The van der Waals surface area contributed by atoms with Crippen molar-refractivity contribution >= 4 is 22.9 Å². The summed E-state index contributed by atoms with van der Waals surface area (Å²) >= 11 is 0. The summed E-state index contributed by atoms with van der Waals surface area (Å²) < 4.78 is 6.96. The van der Waals surface area contributed by atoms with Crippen LogP contribution in [0.3, 0.4) is 0 Å². The summed E-state index contributed by atoms with van der Waals surface area (Å²) in [5.74, 6) is 3.14. The van der Waals surface area contributed by atoms with Crippen LogP contribution in [0.15, 0.2) is 27.9 Å². The zero-order valence-electron chi connectivity index (χ0n) is 21.9. The van der Waals surface area contributed by atoms with Crippen molar-refractivity contribution in [3.05, 3.63) is 34.8 Å². The highest BCUT2D eigenvalue weighted by Gasteiger charge is 2.28. The van der Waals surface area contributed by atoms with Gasteiger partial charge in [0.25, 0.3) is 0 Å². The summed E-state index contributed by atoms with van der Waals surface area (Å²) in [7, 11) is 0. The lowest BCUT2D eigenvalue weighted by Crippen LogP contribution is -2.31. The van der Waals surface area contributed by atoms with E-state index in [9.17, 15) is 4.79 Å². The molecule has 6 rings (SSSR count). The van der Waals surface area contributed by atoms with E-state index in [-0.39, 0.29) is 17.7 Å². The SMILES string of the molecule is C[C@@H](Nc1nc(-c2noc(=O)[nH]2)nc2nc(NCc3ccncn3)n(C[C@H]3CC[C@H](C)CC3)c12)C1CCC1. The maximum absolute atomic E-state index is 11.7. The fourth-order valence-electron chi connectivity index (χ4n) is 5.52. The van der Waals surface area contributed by atoms with Crippen molar-refractivity contribution < 1.29 is 4.52 Å². The Morgan fingerprint density at radius 1 is 1.16 bits per heavy atom. The normalized spacial score (nSPS) is 20.8. The van der Waals surface area contributed by atoms with Gasteiger partial charge >= 0.3 is 5.76 Å². The van der Waals surface area contributed by atoms with E-state index in [1.165, 1.54) is 44.9 Å². The molecule has 3 N–H and O–H groups in total. The number of nitrogens with one attached hydrogen (secondary N) is 3. The first-order valence-electron chi connectivity index (χ1n) is 13.6. The Balaban J connectivity index is 1.42. The third kappa shape index (κ3) is 5.11. The average Bonchev–Trinajstić information content (AvgIpc) is 3.47. The minimum absolute atomic E-state index is 0.183. The molecule has 12 nitrogen and oxygen atoms in total. The van der Waals surface area contributed by atoms with Crippen LogP contribution < -0.4 is 16.4 Å². The first-order valence-corrected chi connectivity index (χ1v) is 13.6. The van der Waals surface area contributed by atoms with Gasteiger partial charge in [0.05, 0.1) is 12.2 Å². The van der Waals surface area contributed by atoms with Gasteiger partial charge < -0.3 is 15.2 Å². The lowest BCUT2D eigenvalue weighted by molar-refractivity contribution is 0.267. The van der Waals surface area contributed by atoms with Crippen molar-refractivity contribution in [3.8, 4) is 11.6 Å². The topological polar surface area (TPSA) is 152 Å². The molecule has 0 radical (unpaired) electrons. The summed E-state index contributed by atoms with van der Waals surface area (Å²) in [5.41, 5.74) is 2.26. The van der Waals surface area contributed by atoms with Crippen molar-refractivity contribution in [2.45, 2.75) is 77.9 Å². The zero-order chi connectivity index (χ0) is 26.1. The lowest BCUT2D eigenvalue weighted by Gasteiger charge is -2.32. The van der Waals surface area contributed by atoms with Gasteiger partial charge in [0.2, 0.25) is 17.6 Å². The number of aromatic nitrogens is 8. The summed E-state index contributed by atoms with van der Waals surface area (Å²) in [6, 6.07) is 2.12. The Morgan fingerprint density at radius 2 is 2.00 bits per heavy atom. The van der Waals surface area contributed by atoms with Crippen LogP contribution >= 0.6 is 0 Å². The minimum atomic E-state index is -0.648. The largest absolute Gasteiger partial charge is 0.439 e. The third-order valence-electron chi connectivity index (χ3n) is 8.12. The molecule has 0 spiro atoms. The summed E-state index contributed by atoms with van der Waals surface area (Å²) in [5, 5.41) is 11.0. The first-order chi connectivity index (χ1) is 18.5. The van der Waals surface area contributed by atoms with E-state index in [2.05, 4.69) is 49.2 Å². The summed E-state index contributed by atoms with van der Waals surface area (Å²) in [4.78, 5) is 37.0. The predicted molar refractivity (Wildman–Crippen MR) is 142 cm³/mol. The molecule has 2 aliphatic carbocycles.